The number of carbonyl (C=O) groups is 2. The minimum absolute atomic E-state index is 0.0295. The number of piperazine rings is 1. The first-order chi connectivity index (χ1) is 12.1. The van der Waals surface area contributed by atoms with Crippen molar-refractivity contribution < 1.29 is 14.0 Å². The molecule has 2 aliphatic rings. The summed E-state index contributed by atoms with van der Waals surface area (Å²) in [5, 5.41) is 2.74. The highest BCUT2D eigenvalue weighted by molar-refractivity contribution is 5.86. The summed E-state index contributed by atoms with van der Waals surface area (Å²) in [6, 6.07) is 6.63. The monoisotopic (exact) mass is 348 g/mol. The van der Waals surface area contributed by atoms with Gasteiger partial charge in [-0.1, -0.05) is 12.1 Å². The van der Waals surface area contributed by atoms with Crippen LogP contribution in [0.1, 0.15) is 12.0 Å². The maximum Gasteiger partial charge on any atom is 0.239 e. The van der Waals surface area contributed by atoms with Gasteiger partial charge >= 0.3 is 0 Å². The third kappa shape index (κ3) is 5.24. The molecule has 136 valence electrons. The van der Waals surface area contributed by atoms with Gasteiger partial charge in [0.05, 0.1) is 13.1 Å². The number of nitrogens with zero attached hydrogens (tertiary/aromatic N) is 3. The Hall–Kier alpha value is -1.99. The number of halogens is 1. The smallest absolute Gasteiger partial charge is 0.239 e. The van der Waals surface area contributed by atoms with Crippen LogP contribution in [-0.2, 0) is 16.1 Å². The van der Waals surface area contributed by atoms with E-state index in [1.54, 1.807) is 4.90 Å². The van der Waals surface area contributed by atoms with Crippen LogP contribution in [-0.4, -0.2) is 78.9 Å². The SMILES string of the molecule is O=C1CN(C(=O)CN2CCCN(Cc3ccc(F)cc3)CC2)CCN1. The van der Waals surface area contributed by atoms with Gasteiger partial charge in [0.25, 0.3) is 0 Å². The molecule has 2 fully saturated rings. The lowest BCUT2D eigenvalue weighted by Crippen LogP contribution is -2.52. The third-order valence-corrected chi connectivity index (χ3v) is 4.75. The first-order valence-corrected chi connectivity index (χ1v) is 8.84. The van der Waals surface area contributed by atoms with Crippen molar-refractivity contribution in [2.24, 2.45) is 0 Å². The summed E-state index contributed by atoms with van der Waals surface area (Å²) in [4.78, 5) is 29.9. The number of amides is 2. The Kier molecular flexibility index (Phi) is 5.99. The van der Waals surface area contributed by atoms with Gasteiger partial charge in [-0.2, -0.15) is 0 Å². The summed E-state index contributed by atoms with van der Waals surface area (Å²) >= 11 is 0. The van der Waals surface area contributed by atoms with E-state index in [0.717, 1.165) is 44.7 Å². The van der Waals surface area contributed by atoms with Crippen LogP contribution in [0.5, 0.6) is 0 Å². The van der Waals surface area contributed by atoms with Crippen molar-refractivity contribution in [1.29, 1.82) is 0 Å². The second-order valence-corrected chi connectivity index (χ2v) is 6.70. The Balaban J connectivity index is 1.47. The summed E-state index contributed by atoms with van der Waals surface area (Å²) in [7, 11) is 0. The van der Waals surface area contributed by atoms with Crippen LogP contribution >= 0.6 is 0 Å². The van der Waals surface area contributed by atoms with Crippen LogP contribution in [0.2, 0.25) is 0 Å². The zero-order chi connectivity index (χ0) is 17.6. The van der Waals surface area contributed by atoms with Gasteiger partial charge in [-0.25, -0.2) is 4.39 Å². The van der Waals surface area contributed by atoms with Crippen LogP contribution in [0, 0.1) is 5.82 Å². The lowest BCUT2D eigenvalue weighted by molar-refractivity contribution is -0.139. The van der Waals surface area contributed by atoms with Gasteiger partial charge in [-0.3, -0.25) is 19.4 Å². The molecule has 1 aromatic carbocycles. The van der Waals surface area contributed by atoms with E-state index in [1.807, 2.05) is 12.1 Å². The number of hydrogen-bond donors (Lipinski definition) is 1. The Morgan fingerprint density at radius 2 is 1.76 bits per heavy atom. The first kappa shape index (κ1) is 17.8. The Morgan fingerprint density at radius 3 is 2.52 bits per heavy atom. The molecule has 2 heterocycles. The molecule has 0 atom stereocenters. The molecule has 7 heteroatoms. The Labute approximate surface area is 147 Å². The number of carbonyl (C=O) groups excluding carboxylic acids is 2. The fourth-order valence-electron chi connectivity index (χ4n) is 3.33. The molecule has 2 amide bonds. The van der Waals surface area contributed by atoms with Gasteiger partial charge in [0.2, 0.25) is 11.8 Å². The highest BCUT2D eigenvalue weighted by atomic mass is 19.1. The van der Waals surface area contributed by atoms with E-state index < -0.39 is 0 Å². The van der Waals surface area contributed by atoms with Gasteiger partial charge in [0, 0.05) is 32.7 Å². The summed E-state index contributed by atoms with van der Waals surface area (Å²) in [5.41, 5.74) is 1.10. The quantitative estimate of drug-likeness (QED) is 0.850. The van der Waals surface area contributed by atoms with Gasteiger partial charge < -0.3 is 10.2 Å². The molecule has 2 saturated heterocycles. The number of benzene rings is 1. The van der Waals surface area contributed by atoms with Crippen molar-refractivity contribution in [3.8, 4) is 0 Å². The normalized spacial score (nSPS) is 20.2. The average Bonchev–Trinajstić information content (AvgIpc) is 2.82. The van der Waals surface area contributed by atoms with E-state index in [0.29, 0.717) is 19.6 Å². The summed E-state index contributed by atoms with van der Waals surface area (Å²) in [6.45, 7) is 6.03. The number of nitrogens with one attached hydrogen (secondary N) is 1. The topological polar surface area (TPSA) is 55.9 Å². The van der Waals surface area contributed by atoms with E-state index in [1.165, 1.54) is 12.1 Å². The maximum absolute atomic E-state index is 13.0. The highest BCUT2D eigenvalue weighted by Gasteiger charge is 2.24. The standard InChI is InChI=1S/C18H25FN4O2/c19-16-4-2-15(3-5-16)12-21-7-1-8-22(11-10-21)14-18(25)23-9-6-20-17(24)13-23/h2-5H,1,6-14H2,(H,20,24). The highest BCUT2D eigenvalue weighted by Crippen LogP contribution is 2.10. The first-order valence-electron chi connectivity index (χ1n) is 8.84. The maximum atomic E-state index is 13.0. The molecule has 2 aliphatic heterocycles. The molecule has 6 nitrogen and oxygen atoms in total. The van der Waals surface area contributed by atoms with Crippen LogP contribution in [0.3, 0.4) is 0 Å². The fraction of sp³-hybridized carbons (Fsp3) is 0.556. The van der Waals surface area contributed by atoms with Crippen LogP contribution in [0.15, 0.2) is 24.3 Å². The summed E-state index contributed by atoms with van der Waals surface area (Å²) < 4.78 is 13.0. The van der Waals surface area contributed by atoms with Gasteiger partial charge in [0.15, 0.2) is 0 Å². The van der Waals surface area contributed by atoms with Crippen LogP contribution in [0.25, 0.3) is 0 Å². The fourth-order valence-corrected chi connectivity index (χ4v) is 3.33. The molecule has 0 aliphatic carbocycles. The van der Waals surface area contributed by atoms with Gasteiger partial charge in [-0.05, 0) is 37.2 Å². The Bertz CT molecular complexity index is 608. The predicted molar refractivity (Wildman–Crippen MR) is 92.3 cm³/mol. The molecular weight excluding hydrogens is 323 g/mol. The van der Waals surface area contributed by atoms with Crippen LogP contribution < -0.4 is 5.32 Å². The van der Waals surface area contributed by atoms with E-state index in [4.69, 9.17) is 0 Å². The van der Waals surface area contributed by atoms with E-state index in [9.17, 15) is 14.0 Å². The molecule has 0 spiro atoms. The van der Waals surface area contributed by atoms with E-state index in [2.05, 4.69) is 15.1 Å². The number of hydrogen-bond acceptors (Lipinski definition) is 4. The van der Waals surface area contributed by atoms with Crippen molar-refractivity contribution >= 4 is 11.8 Å². The van der Waals surface area contributed by atoms with Gasteiger partial charge in [0.1, 0.15) is 5.82 Å². The molecule has 0 radical (unpaired) electrons. The molecule has 25 heavy (non-hydrogen) atoms. The summed E-state index contributed by atoms with van der Waals surface area (Å²) in [6.07, 6.45) is 0.995. The minimum Gasteiger partial charge on any atom is -0.353 e. The van der Waals surface area contributed by atoms with Crippen molar-refractivity contribution in [2.75, 3.05) is 52.4 Å². The van der Waals surface area contributed by atoms with Crippen molar-refractivity contribution in [2.45, 2.75) is 13.0 Å². The molecule has 0 aromatic heterocycles. The Morgan fingerprint density at radius 1 is 1.04 bits per heavy atom. The summed E-state index contributed by atoms with van der Waals surface area (Å²) in [5.74, 6) is -0.265. The molecule has 1 N–H and O–H groups in total. The molecule has 0 bridgehead atoms. The second-order valence-electron chi connectivity index (χ2n) is 6.70. The average molecular weight is 348 g/mol. The van der Waals surface area contributed by atoms with Crippen molar-refractivity contribution in [1.82, 2.24) is 20.0 Å². The number of rotatable bonds is 4. The van der Waals surface area contributed by atoms with Crippen molar-refractivity contribution in [3.63, 3.8) is 0 Å². The molecule has 1 aromatic rings. The third-order valence-electron chi connectivity index (χ3n) is 4.75. The van der Waals surface area contributed by atoms with E-state index >= 15 is 0 Å². The lowest BCUT2D eigenvalue weighted by Gasteiger charge is -2.29. The second kappa shape index (κ2) is 8.40. The zero-order valence-electron chi connectivity index (χ0n) is 14.4. The van der Waals surface area contributed by atoms with E-state index in [-0.39, 0.29) is 24.2 Å². The molecule has 0 saturated carbocycles. The minimum atomic E-state index is -0.212. The molecule has 0 unspecified atom stereocenters. The van der Waals surface area contributed by atoms with Crippen LogP contribution in [0.4, 0.5) is 4.39 Å². The largest absolute Gasteiger partial charge is 0.353 e. The predicted octanol–water partition coefficient (Wildman–Crippen LogP) is 0.292. The van der Waals surface area contributed by atoms with Gasteiger partial charge in [-0.15, -0.1) is 0 Å². The van der Waals surface area contributed by atoms with Crippen molar-refractivity contribution in [3.05, 3.63) is 35.6 Å². The molecule has 3 rings (SSSR count). The lowest BCUT2D eigenvalue weighted by atomic mass is 10.2. The zero-order valence-corrected chi connectivity index (χ0v) is 14.4. The molecular formula is C18H25FN4O2.